The van der Waals surface area contributed by atoms with Gasteiger partial charge in [-0.3, -0.25) is 9.78 Å². The molecule has 1 heterocycles. The van der Waals surface area contributed by atoms with E-state index < -0.39 is 0 Å². The Bertz CT molecular complexity index is 968. The maximum Gasteiger partial charge on any atom is 0.274 e. The number of H-pyrrole nitrogens is 1. The summed E-state index contributed by atoms with van der Waals surface area (Å²) in [4.78, 5) is 15.1. The molecule has 7 nitrogen and oxygen atoms in total. The highest BCUT2D eigenvalue weighted by Crippen LogP contribution is 2.26. The molecule has 0 saturated heterocycles. The molecule has 0 aliphatic rings. The molecule has 3 rings (SSSR count). The van der Waals surface area contributed by atoms with Gasteiger partial charge in [0.15, 0.2) is 0 Å². The molecule has 0 bridgehead atoms. The number of hydrogen-bond acceptors (Lipinski definition) is 6. The third-order valence-corrected chi connectivity index (χ3v) is 3.98. The Labute approximate surface area is 157 Å². The molecule has 140 valence electrons. The summed E-state index contributed by atoms with van der Waals surface area (Å²) in [6.45, 7) is 4.52. The van der Waals surface area contributed by atoms with Gasteiger partial charge in [0.25, 0.3) is 5.56 Å². The van der Waals surface area contributed by atoms with E-state index in [1.54, 1.807) is 7.11 Å². The number of nitrogens with one attached hydrogen (secondary N) is 2. The van der Waals surface area contributed by atoms with E-state index in [0.717, 1.165) is 16.9 Å². The van der Waals surface area contributed by atoms with Crippen LogP contribution in [0.5, 0.6) is 11.5 Å². The zero-order valence-electron chi connectivity index (χ0n) is 15.6. The standard InChI is InChI=1S/C20H22N4O3/c1-4-27-15-8-6-14(7-9-15)12-17-19(25)22-20(24-23-17)21-16-11-13(2)5-10-18(16)26-3/h5-11H,4,12H2,1-3H3,(H2,21,22,24,25). The van der Waals surface area contributed by atoms with Crippen LogP contribution in [0.25, 0.3) is 0 Å². The van der Waals surface area contributed by atoms with Crippen molar-refractivity contribution in [3.8, 4) is 11.5 Å². The zero-order chi connectivity index (χ0) is 19.2. The minimum atomic E-state index is -0.284. The van der Waals surface area contributed by atoms with Crippen LogP contribution >= 0.6 is 0 Å². The second kappa shape index (κ2) is 8.35. The van der Waals surface area contributed by atoms with Gasteiger partial charge in [-0.1, -0.05) is 18.2 Å². The van der Waals surface area contributed by atoms with E-state index in [0.29, 0.717) is 30.2 Å². The maximum atomic E-state index is 12.4. The smallest absolute Gasteiger partial charge is 0.274 e. The molecule has 0 radical (unpaired) electrons. The molecule has 0 unspecified atom stereocenters. The average molecular weight is 366 g/mol. The molecule has 0 spiro atoms. The Morgan fingerprint density at radius 1 is 1.11 bits per heavy atom. The summed E-state index contributed by atoms with van der Waals surface area (Å²) in [6.07, 6.45) is 0.392. The third-order valence-electron chi connectivity index (χ3n) is 3.98. The lowest BCUT2D eigenvalue weighted by Gasteiger charge is -2.11. The highest BCUT2D eigenvalue weighted by Gasteiger charge is 2.09. The summed E-state index contributed by atoms with van der Waals surface area (Å²) in [7, 11) is 1.59. The highest BCUT2D eigenvalue weighted by molar-refractivity contribution is 5.63. The summed E-state index contributed by atoms with van der Waals surface area (Å²) in [5.74, 6) is 1.72. The van der Waals surface area contributed by atoms with Gasteiger partial charge < -0.3 is 14.8 Å². The van der Waals surface area contributed by atoms with Crippen molar-refractivity contribution >= 4 is 11.6 Å². The number of hydrogen-bond donors (Lipinski definition) is 2. The van der Waals surface area contributed by atoms with Crippen LogP contribution in [0.4, 0.5) is 11.6 Å². The van der Waals surface area contributed by atoms with E-state index >= 15 is 0 Å². The first-order valence-corrected chi connectivity index (χ1v) is 8.68. The first kappa shape index (κ1) is 18.4. The number of aromatic nitrogens is 3. The number of nitrogens with zero attached hydrogens (tertiary/aromatic N) is 2. The molecule has 0 aliphatic carbocycles. The van der Waals surface area contributed by atoms with Crippen molar-refractivity contribution in [3.63, 3.8) is 0 Å². The molecular weight excluding hydrogens is 344 g/mol. The second-order valence-corrected chi connectivity index (χ2v) is 6.03. The first-order chi connectivity index (χ1) is 13.1. The lowest BCUT2D eigenvalue weighted by molar-refractivity contribution is 0.340. The number of aromatic amines is 1. The highest BCUT2D eigenvalue weighted by atomic mass is 16.5. The fourth-order valence-corrected chi connectivity index (χ4v) is 2.64. The second-order valence-electron chi connectivity index (χ2n) is 6.03. The third kappa shape index (κ3) is 4.63. The number of aryl methyl sites for hydroxylation is 1. The molecule has 0 saturated carbocycles. The fraction of sp³-hybridized carbons (Fsp3) is 0.250. The largest absolute Gasteiger partial charge is 0.495 e. The van der Waals surface area contributed by atoms with Crippen molar-refractivity contribution in [2.45, 2.75) is 20.3 Å². The maximum absolute atomic E-state index is 12.4. The Hall–Kier alpha value is -3.35. The Morgan fingerprint density at radius 2 is 1.89 bits per heavy atom. The minimum Gasteiger partial charge on any atom is -0.495 e. The van der Waals surface area contributed by atoms with E-state index in [1.165, 1.54) is 0 Å². The number of benzene rings is 2. The van der Waals surface area contributed by atoms with Crippen LogP contribution in [0.1, 0.15) is 23.7 Å². The van der Waals surface area contributed by atoms with Gasteiger partial charge in [0, 0.05) is 6.42 Å². The summed E-state index contributed by atoms with van der Waals surface area (Å²) >= 11 is 0. The molecule has 1 aromatic heterocycles. The van der Waals surface area contributed by atoms with Gasteiger partial charge in [0.2, 0.25) is 5.95 Å². The average Bonchev–Trinajstić information content (AvgIpc) is 2.66. The predicted molar refractivity (Wildman–Crippen MR) is 104 cm³/mol. The van der Waals surface area contributed by atoms with Crippen molar-refractivity contribution in [1.82, 2.24) is 15.2 Å². The van der Waals surface area contributed by atoms with Crippen LogP contribution in [-0.4, -0.2) is 28.9 Å². The SMILES string of the molecule is CCOc1ccc(Cc2nnc(Nc3cc(C)ccc3OC)[nH]c2=O)cc1. The van der Waals surface area contributed by atoms with Crippen LogP contribution in [-0.2, 0) is 6.42 Å². The summed E-state index contributed by atoms with van der Waals surface area (Å²) in [5.41, 5.74) is 2.79. The van der Waals surface area contributed by atoms with Crippen molar-refractivity contribution in [2.75, 3.05) is 19.0 Å². The monoisotopic (exact) mass is 366 g/mol. The lowest BCUT2D eigenvalue weighted by Crippen LogP contribution is -2.19. The van der Waals surface area contributed by atoms with Gasteiger partial charge in [-0.15, -0.1) is 10.2 Å². The molecule has 7 heteroatoms. The van der Waals surface area contributed by atoms with Crippen LogP contribution in [0, 0.1) is 6.92 Å². The minimum absolute atomic E-state index is 0.263. The van der Waals surface area contributed by atoms with E-state index in [4.69, 9.17) is 9.47 Å². The van der Waals surface area contributed by atoms with E-state index in [-0.39, 0.29) is 11.5 Å². The van der Waals surface area contributed by atoms with Crippen molar-refractivity contribution in [1.29, 1.82) is 0 Å². The molecule has 0 fully saturated rings. The first-order valence-electron chi connectivity index (χ1n) is 8.68. The number of rotatable bonds is 7. The number of methoxy groups -OCH3 is 1. The van der Waals surface area contributed by atoms with Gasteiger partial charge in [0.05, 0.1) is 19.4 Å². The van der Waals surface area contributed by atoms with Crippen molar-refractivity contribution in [3.05, 3.63) is 69.6 Å². The van der Waals surface area contributed by atoms with Crippen LogP contribution in [0.2, 0.25) is 0 Å². The van der Waals surface area contributed by atoms with Gasteiger partial charge >= 0.3 is 0 Å². The number of ether oxygens (including phenoxy) is 2. The fourth-order valence-electron chi connectivity index (χ4n) is 2.64. The Kier molecular flexibility index (Phi) is 5.71. The summed E-state index contributed by atoms with van der Waals surface area (Å²) in [5, 5.41) is 11.2. The Balaban J connectivity index is 1.76. The molecule has 2 N–H and O–H groups in total. The van der Waals surface area contributed by atoms with E-state index in [9.17, 15) is 4.79 Å². The molecule has 27 heavy (non-hydrogen) atoms. The predicted octanol–water partition coefficient (Wildman–Crippen LogP) is 3.22. The molecule has 0 aliphatic heterocycles. The quantitative estimate of drug-likeness (QED) is 0.667. The van der Waals surface area contributed by atoms with Crippen molar-refractivity contribution in [2.24, 2.45) is 0 Å². The van der Waals surface area contributed by atoms with E-state index in [1.807, 2.05) is 56.3 Å². The van der Waals surface area contributed by atoms with Crippen LogP contribution in [0.15, 0.2) is 47.3 Å². The number of anilines is 2. The molecular formula is C20H22N4O3. The Morgan fingerprint density at radius 3 is 2.56 bits per heavy atom. The zero-order valence-corrected chi connectivity index (χ0v) is 15.6. The normalized spacial score (nSPS) is 10.5. The van der Waals surface area contributed by atoms with Gasteiger partial charge in [-0.05, 0) is 49.2 Å². The van der Waals surface area contributed by atoms with Gasteiger partial charge in [-0.25, -0.2) is 0 Å². The van der Waals surface area contributed by atoms with Crippen LogP contribution < -0.4 is 20.3 Å². The lowest BCUT2D eigenvalue weighted by atomic mass is 10.1. The topological polar surface area (TPSA) is 89.1 Å². The molecule has 2 aromatic carbocycles. The van der Waals surface area contributed by atoms with Gasteiger partial charge in [-0.2, -0.15) is 0 Å². The molecule has 0 atom stereocenters. The van der Waals surface area contributed by atoms with Crippen LogP contribution in [0.3, 0.4) is 0 Å². The van der Waals surface area contributed by atoms with E-state index in [2.05, 4.69) is 20.5 Å². The van der Waals surface area contributed by atoms with Gasteiger partial charge in [0.1, 0.15) is 17.2 Å². The molecule has 3 aromatic rings. The summed E-state index contributed by atoms with van der Waals surface area (Å²) in [6, 6.07) is 13.3. The summed E-state index contributed by atoms with van der Waals surface area (Å²) < 4.78 is 10.7. The molecule has 0 amide bonds. The van der Waals surface area contributed by atoms with Crippen molar-refractivity contribution < 1.29 is 9.47 Å².